The highest BCUT2D eigenvalue weighted by atomic mass is 79.9. The zero-order valence-electron chi connectivity index (χ0n) is 7.39. The molecule has 2 heteroatoms. The average Bonchev–Trinajstić information content (AvgIpc) is 2.28. The summed E-state index contributed by atoms with van der Waals surface area (Å²) < 4.78 is 1.09. The van der Waals surface area contributed by atoms with Gasteiger partial charge in [0.2, 0.25) is 0 Å². The summed E-state index contributed by atoms with van der Waals surface area (Å²) in [5.74, 6) is 0. The SMILES string of the molecule is CC1(C)CCc2ncc(Br)cc21. The van der Waals surface area contributed by atoms with E-state index >= 15 is 0 Å². The zero-order valence-corrected chi connectivity index (χ0v) is 8.98. The fourth-order valence-corrected chi connectivity index (χ4v) is 2.15. The maximum absolute atomic E-state index is 4.41. The first kappa shape index (κ1) is 8.24. The number of fused-ring (bicyclic) bond motifs is 1. The number of nitrogens with zero attached hydrogens (tertiary/aromatic N) is 1. The van der Waals surface area contributed by atoms with Gasteiger partial charge in [-0.15, -0.1) is 0 Å². The fraction of sp³-hybridized carbons (Fsp3) is 0.500. The van der Waals surface area contributed by atoms with Crippen LogP contribution in [0.3, 0.4) is 0 Å². The molecule has 1 heterocycles. The summed E-state index contributed by atoms with van der Waals surface area (Å²) >= 11 is 3.45. The molecule has 0 aromatic carbocycles. The Balaban J connectivity index is 2.57. The zero-order chi connectivity index (χ0) is 8.77. The third kappa shape index (κ3) is 1.18. The van der Waals surface area contributed by atoms with Crippen molar-refractivity contribution < 1.29 is 0 Å². The maximum atomic E-state index is 4.41. The molecule has 0 atom stereocenters. The molecular formula is C10H12BrN. The molecule has 0 fully saturated rings. The third-order valence-electron chi connectivity index (χ3n) is 2.65. The van der Waals surface area contributed by atoms with Gasteiger partial charge in [0.15, 0.2) is 0 Å². The molecule has 1 aliphatic carbocycles. The molecular weight excluding hydrogens is 214 g/mol. The van der Waals surface area contributed by atoms with Crippen molar-refractivity contribution in [3.05, 3.63) is 28.0 Å². The van der Waals surface area contributed by atoms with Crippen molar-refractivity contribution in [1.82, 2.24) is 4.98 Å². The van der Waals surface area contributed by atoms with E-state index in [1.165, 1.54) is 17.7 Å². The lowest BCUT2D eigenvalue weighted by atomic mass is 9.87. The Bertz CT molecular complexity index is 318. The first-order chi connectivity index (χ1) is 5.59. The van der Waals surface area contributed by atoms with Crippen molar-refractivity contribution in [3.8, 4) is 0 Å². The first-order valence-electron chi connectivity index (χ1n) is 4.24. The number of halogens is 1. The van der Waals surface area contributed by atoms with E-state index in [4.69, 9.17) is 0 Å². The number of rotatable bonds is 0. The molecule has 12 heavy (non-hydrogen) atoms. The Morgan fingerprint density at radius 1 is 1.50 bits per heavy atom. The number of aryl methyl sites for hydroxylation is 1. The second kappa shape index (κ2) is 2.56. The van der Waals surface area contributed by atoms with Gasteiger partial charge in [-0.25, -0.2) is 0 Å². The molecule has 2 rings (SSSR count). The van der Waals surface area contributed by atoms with E-state index < -0.39 is 0 Å². The van der Waals surface area contributed by atoms with E-state index in [0.29, 0.717) is 5.41 Å². The molecule has 0 N–H and O–H groups in total. The Morgan fingerprint density at radius 2 is 2.25 bits per heavy atom. The van der Waals surface area contributed by atoms with Gasteiger partial charge in [0.1, 0.15) is 0 Å². The standard InChI is InChI=1S/C10H12BrN/c1-10(2)4-3-9-8(10)5-7(11)6-12-9/h5-6H,3-4H2,1-2H3. The molecule has 0 aliphatic heterocycles. The molecule has 0 unspecified atom stereocenters. The molecule has 1 aromatic heterocycles. The number of hydrogen-bond acceptors (Lipinski definition) is 1. The van der Waals surface area contributed by atoms with Crippen LogP contribution in [-0.4, -0.2) is 4.98 Å². The van der Waals surface area contributed by atoms with Crippen molar-refractivity contribution in [2.75, 3.05) is 0 Å². The highest BCUT2D eigenvalue weighted by Crippen LogP contribution is 2.37. The van der Waals surface area contributed by atoms with E-state index in [-0.39, 0.29) is 0 Å². The summed E-state index contributed by atoms with van der Waals surface area (Å²) in [6, 6.07) is 2.20. The van der Waals surface area contributed by atoms with Crippen LogP contribution in [0.4, 0.5) is 0 Å². The Labute approximate surface area is 81.3 Å². The van der Waals surface area contributed by atoms with Crippen LogP contribution in [0.5, 0.6) is 0 Å². The lowest BCUT2D eigenvalue weighted by Crippen LogP contribution is -2.11. The van der Waals surface area contributed by atoms with E-state index in [2.05, 4.69) is 40.8 Å². The van der Waals surface area contributed by atoms with Crippen LogP contribution in [0.15, 0.2) is 16.7 Å². The minimum atomic E-state index is 0.326. The monoisotopic (exact) mass is 225 g/mol. The summed E-state index contributed by atoms with van der Waals surface area (Å²) in [6.45, 7) is 4.57. The van der Waals surface area contributed by atoms with Gasteiger partial charge in [0, 0.05) is 16.4 Å². The number of aromatic nitrogens is 1. The predicted molar refractivity (Wildman–Crippen MR) is 53.3 cm³/mol. The quantitative estimate of drug-likeness (QED) is 0.662. The molecule has 0 amide bonds. The van der Waals surface area contributed by atoms with E-state index in [0.717, 1.165) is 10.9 Å². The van der Waals surface area contributed by atoms with Crippen LogP contribution in [0.25, 0.3) is 0 Å². The molecule has 0 saturated heterocycles. The van der Waals surface area contributed by atoms with E-state index in [9.17, 15) is 0 Å². The maximum Gasteiger partial charge on any atom is 0.0442 e. The number of hydrogen-bond donors (Lipinski definition) is 0. The third-order valence-corrected chi connectivity index (χ3v) is 3.09. The summed E-state index contributed by atoms with van der Waals surface area (Å²) in [6.07, 6.45) is 4.25. The number of pyridine rings is 1. The summed E-state index contributed by atoms with van der Waals surface area (Å²) in [5.41, 5.74) is 3.02. The lowest BCUT2D eigenvalue weighted by molar-refractivity contribution is 0.522. The first-order valence-corrected chi connectivity index (χ1v) is 5.04. The molecule has 1 aliphatic rings. The van der Waals surface area contributed by atoms with Gasteiger partial charge in [-0.1, -0.05) is 13.8 Å². The second-order valence-electron chi connectivity index (χ2n) is 4.03. The van der Waals surface area contributed by atoms with Crippen LogP contribution in [0.2, 0.25) is 0 Å². The normalized spacial score (nSPS) is 19.2. The second-order valence-corrected chi connectivity index (χ2v) is 4.95. The fourth-order valence-electron chi connectivity index (χ4n) is 1.82. The minimum Gasteiger partial charge on any atom is -0.260 e. The predicted octanol–water partition coefficient (Wildman–Crippen LogP) is 3.07. The van der Waals surface area contributed by atoms with Crippen LogP contribution in [0.1, 0.15) is 31.5 Å². The van der Waals surface area contributed by atoms with E-state index in [1.54, 1.807) is 0 Å². The molecule has 0 saturated carbocycles. The lowest BCUT2D eigenvalue weighted by Gasteiger charge is -2.18. The van der Waals surface area contributed by atoms with Gasteiger partial charge in [-0.2, -0.15) is 0 Å². The molecule has 64 valence electrons. The topological polar surface area (TPSA) is 12.9 Å². The van der Waals surface area contributed by atoms with E-state index in [1.807, 2.05) is 6.20 Å². The van der Waals surface area contributed by atoms with Gasteiger partial charge in [0.25, 0.3) is 0 Å². The molecule has 0 radical (unpaired) electrons. The van der Waals surface area contributed by atoms with Crippen LogP contribution in [-0.2, 0) is 11.8 Å². The minimum absolute atomic E-state index is 0.326. The van der Waals surface area contributed by atoms with Gasteiger partial charge in [0.05, 0.1) is 0 Å². The summed E-state index contributed by atoms with van der Waals surface area (Å²) in [4.78, 5) is 4.41. The average molecular weight is 226 g/mol. The highest BCUT2D eigenvalue weighted by molar-refractivity contribution is 9.10. The van der Waals surface area contributed by atoms with Crippen molar-refractivity contribution in [1.29, 1.82) is 0 Å². The summed E-state index contributed by atoms with van der Waals surface area (Å²) in [7, 11) is 0. The highest BCUT2D eigenvalue weighted by Gasteiger charge is 2.30. The van der Waals surface area contributed by atoms with Gasteiger partial charge < -0.3 is 0 Å². The molecule has 1 aromatic rings. The Hall–Kier alpha value is -0.370. The van der Waals surface area contributed by atoms with Gasteiger partial charge in [-0.05, 0) is 45.8 Å². The molecule has 0 bridgehead atoms. The summed E-state index contributed by atoms with van der Waals surface area (Å²) in [5, 5.41) is 0. The van der Waals surface area contributed by atoms with Crippen LogP contribution >= 0.6 is 15.9 Å². The van der Waals surface area contributed by atoms with Crippen molar-refractivity contribution in [2.45, 2.75) is 32.1 Å². The Morgan fingerprint density at radius 3 is 3.00 bits per heavy atom. The van der Waals surface area contributed by atoms with Gasteiger partial charge in [-0.3, -0.25) is 4.98 Å². The van der Waals surface area contributed by atoms with Crippen LogP contribution in [0, 0.1) is 0 Å². The molecule has 1 nitrogen and oxygen atoms in total. The van der Waals surface area contributed by atoms with Crippen molar-refractivity contribution in [3.63, 3.8) is 0 Å². The van der Waals surface area contributed by atoms with Crippen molar-refractivity contribution >= 4 is 15.9 Å². The van der Waals surface area contributed by atoms with Crippen LogP contribution < -0.4 is 0 Å². The smallest absolute Gasteiger partial charge is 0.0442 e. The largest absolute Gasteiger partial charge is 0.260 e. The molecule has 0 spiro atoms. The van der Waals surface area contributed by atoms with Crippen molar-refractivity contribution in [2.24, 2.45) is 0 Å². The van der Waals surface area contributed by atoms with Gasteiger partial charge >= 0.3 is 0 Å². The Kier molecular flexibility index (Phi) is 1.76.